The highest BCUT2D eigenvalue weighted by atomic mass is 35.5. The molecule has 3 aromatic rings. The van der Waals surface area contributed by atoms with Crippen molar-refractivity contribution in [2.24, 2.45) is 0 Å². The molecule has 1 heterocycles. The Morgan fingerprint density at radius 2 is 1.86 bits per heavy atom. The van der Waals surface area contributed by atoms with Crippen molar-refractivity contribution in [1.82, 2.24) is 14.8 Å². The summed E-state index contributed by atoms with van der Waals surface area (Å²) in [6, 6.07) is 14.0. The van der Waals surface area contributed by atoms with Crippen molar-refractivity contribution in [2.45, 2.75) is 36.9 Å². The minimum atomic E-state index is -0.457. The molecule has 29 heavy (non-hydrogen) atoms. The van der Waals surface area contributed by atoms with Crippen LogP contribution in [0.2, 0.25) is 5.02 Å². The van der Waals surface area contributed by atoms with Crippen LogP contribution in [0.5, 0.6) is 0 Å². The molecule has 5 nitrogen and oxygen atoms in total. The summed E-state index contributed by atoms with van der Waals surface area (Å²) in [5.41, 5.74) is 1.00. The van der Waals surface area contributed by atoms with Gasteiger partial charge in [0.25, 0.3) is 0 Å². The fourth-order valence-electron chi connectivity index (χ4n) is 3.57. The summed E-state index contributed by atoms with van der Waals surface area (Å²) >= 11 is 7.69. The van der Waals surface area contributed by atoms with E-state index in [1.165, 1.54) is 23.9 Å². The third-order valence-corrected chi connectivity index (χ3v) is 6.22. The van der Waals surface area contributed by atoms with Crippen molar-refractivity contribution in [3.05, 3.63) is 59.4 Å². The number of carbonyl (C=O) groups is 1. The number of hydrogen-bond donors (Lipinski definition) is 1. The normalized spacial score (nSPS) is 14.3. The highest BCUT2D eigenvalue weighted by Gasteiger charge is 2.26. The van der Waals surface area contributed by atoms with Gasteiger partial charge in [-0.25, -0.2) is 4.39 Å². The predicted molar refractivity (Wildman–Crippen MR) is 114 cm³/mol. The maximum Gasteiger partial charge on any atom is 0.234 e. The fourth-order valence-corrected chi connectivity index (χ4v) is 4.60. The van der Waals surface area contributed by atoms with Gasteiger partial charge in [0.05, 0.1) is 16.5 Å². The van der Waals surface area contributed by atoms with E-state index in [2.05, 4.69) is 20.1 Å². The van der Waals surface area contributed by atoms with E-state index >= 15 is 0 Å². The van der Waals surface area contributed by atoms with E-state index in [4.69, 9.17) is 11.6 Å². The molecule has 0 aliphatic heterocycles. The monoisotopic (exact) mass is 430 g/mol. The first-order chi connectivity index (χ1) is 14.1. The Labute approximate surface area is 177 Å². The minimum Gasteiger partial charge on any atom is -0.323 e. The molecule has 1 aliphatic carbocycles. The Morgan fingerprint density at radius 1 is 1.14 bits per heavy atom. The number of rotatable bonds is 6. The highest BCUT2D eigenvalue weighted by Crippen LogP contribution is 2.38. The first-order valence-electron chi connectivity index (χ1n) is 9.50. The van der Waals surface area contributed by atoms with Crippen LogP contribution in [0, 0.1) is 5.82 Å². The van der Waals surface area contributed by atoms with E-state index in [9.17, 15) is 9.18 Å². The number of benzene rings is 2. The molecular formula is C21H20ClFN4OS. The number of halogens is 2. The van der Waals surface area contributed by atoms with Gasteiger partial charge < -0.3 is 5.32 Å². The smallest absolute Gasteiger partial charge is 0.234 e. The lowest BCUT2D eigenvalue weighted by atomic mass is 10.2. The van der Waals surface area contributed by atoms with Gasteiger partial charge in [0, 0.05) is 11.6 Å². The number of nitrogens with one attached hydrogen (secondary N) is 1. The Hall–Kier alpha value is -2.38. The fraction of sp³-hybridized carbons (Fsp3) is 0.286. The van der Waals surface area contributed by atoms with Gasteiger partial charge in [0.1, 0.15) is 5.82 Å². The molecule has 0 saturated heterocycles. The standard InChI is InChI=1S/C21H20ClFN4OS/c22-16-10-4-3-9-15(16)20-25-26-21(27(20)14-7-1-2-8-14)29-13-19(28)24-18-12-6-5-11-17(18)23/h3-6,9-12,14H,1-2,7-8,13H2,(H,24,28). The summed E-state index contributed by atoms with van der Waals surface area (Å²) in [7, 11) is 0. The molecule has 1 amide bonds. The number of hydrogen-bond acceptors (Lipinski definition) is 4. The lowest BCUT2D eigenvalue weighted by molar-refractivity contribution is -0.113. The van der Waals surface area contributed by atoms with E-state index < -0.39 is 5.82 Å². The summed E-state index contributed by atoms with van der Waals surface area (Å²) in [4.78, 5) is 12.3. The summed E-state index contributed by atoms with van der Waals surface area (Å²) in [5.74, 6) is 0.0858. The molecule has 150 valence electrons. The maximum absolute atomic E-state index is 13.8. The molecule has 1 N–H and O–H groups in total. The van der Waals surface area contributed by atoms with Crippen LogP contribution in [0.1, 0.15) is 31.7 Å². The predicted octanol–water partition coefficient (Wildman–Crippen LogP) is 5.58. The van der Waals surface area contributed by atoms with Crippen molar-refractivity contribution in [3.63, 3.8) is 0 Å². The summed E-state index contributed by atoms with van der Waals surface area (Å²) in [5, 5.41) is 12.6. The Balaban J connectivity index is 1.55. The summed E-state index contributed by atoms with van der Waals surface area (Å²) in [6.45, 7) is 0. The van der Waals surface area contributed by atoms with Crippen LogP contribution in [-0.4, -0.2) is 26.4 Å². The largest absolute Gasteiger partial charge is 0.323 e. The number of aromatic nitrogens is 3. The van der Waals surface area contributed by atoms with Crippen molar-refractivity contribution < 1.29 is 9.18 Å². The van der Waals surface area contributed by atoms with Gasteiger partial charge >= 0.3 is 0 Å². The maximum atomic E-state index is 13.8. The molecule has 1 aliphatic rings. The van der Waals surface area contributed by atoms with E-state index in [1.54, 1.807) is 12.1 Å². The topological polar surface area (TPSA) is 59.8 Å². The van der Waals surface area contributed by atoms with Crippen molar-refractivity contribution in [3.8, 4) is 11.4 Å². The number of carbonyl (C=O) groups excluding carboxylic acids is 1. The van der Waals surface area contributed by atoms with E-state index in [-0.39, 0.29) is 23.4 Å². The van der Waals surface area contributed by atoms with Crippen molar-refractivity contribution in [1.29, 1.82) is 0 Å². The molecule has 0 atom stereocenters. The van der Waals surface area contributed by atoms with Gasteiger partial charge in [-0.3, -0.25) is 9.36 Å². The van der Waals surface area contributed by atoms with Crippen LogP contribution >= 0.6 is 23.4 Å². The molecule has 2 aromatic carbocycles. The van der Waals surface area contributed by atoms with E-state index in [0.29, 0.717) is 10.2 Å². The lowest BCUT2D eigenvalue weighted by Gasteiger charge is -2.17. The van der Waals surface area contributed by atoms with Crippen LogP contribution in [0.25, 0.3) is 11.4 Å². The number of amides is 1. The van der Waals surface area contributed by atoms with Gasteiger partial charge in [-0.15, -0.1) is 10.2 Å². The quantitative estimate of drug-likeness (QED) is 0.518. The van der Waals surface area contributed by atoms with Gasteiger partial charge in [-0.1, -0.05) is 60.5 Å². The third kappa shape index (κ3) is 4.46. The van der Waals surface area contributed by atoms with Crippen LogP contribution in [0.4, 0.5) is 10.1 Å². The zero-order valence-corrected chi connectivity index (χ0v) is 17.2. The van der Waals surface area contributed by atoms with E-state index in [0.717, 1.165) is 37.1 Å². The van der Waals surface area contributed by atoms with Crippen LogP contribution in [0.3, 0.4) is 0 Å². The molecule has 0 radical (unpaired) electrons. The van der Waals surface area contributed by atoms with Gasteiger partial charge in [0.15, 0.2) is 11.0 Å². The first-order valence-corrected chi connectivity index (χ1v) is 10.9. The average molecular weight is 431 g/mol. The molecule has 1 saturated carbocycles. The van der Waals surface area contributed by atoms with Crippen LogP contribution in [0.15, 0.2) is 53.7 Å². The lowest BCUT2D eigenvalue weighted by Crippen LogP contribution is -2.16. The van der Waals surface area contributed by atoms with E-state index in [1.807, 2.05) is 24.3 Å². The van der Waals surface area contributed by atoms with Gasteiger partial charge in [-0.2, -0.15) is 0 Å². The second-order valence-corrected chi connectivity index (χ2v) is 8.26. The molecule has 0 spiro atoms. The van der Waals surface area contributed by atoms with Crippen molar-refractivity contribution in [2.75, 3.05) is 11.1 Å². The SMILES string of the molecule is O=C(CSc1nnc(-c2ccccc2Cl)n1C1CCCC1)Nc1ccccc1F. The van der Waals surface area contributed by atoms with Gasteiger partial charge in [-0.05, 0) is 37.1 Å². The number of nitrogens with zero attached hydrogens (tertiary/aromatic N) is 3. The molecule has 1 fully saturated rings. The first kappa shape index (κ1) is 19.9. The Kier molecular flexibility index (Phi) is 6.16. The van der Waals surface area contributed by atoms with Crippen LogP contribution in [-0.2, 0) is 4.79 Å². The van der Waals surface area contributed by atoms with Gasteiger partial charge in [0.2, 0.25) is 5.91 Å². The minimum absolute atomic E-state index is 0.113. The summed E-state index contributed by atoms with van der Waals surface area (Å²) in [6.07, 6.45) is 4.40. The number of thioether (sulfide) groups is 1. The third-order valence-electron chi connectivity index (χ3n) is 4.95. The molecule has 0 bridgehead atoms. The Bertz CT molecular complexity index is 1020. The molecule has 1 aromatic heterocycles. The van der Waals surface area contributed by atoms with Crippen molar-refractivity contribution >= 4 is 35.0 Å². The number of anilines is 1. The second kappa shape index (κ2) is 8.97. The molecule has 4 rings (SSSR count). The van der Waals surface area contributed by atoms with Crippen LogP contribution < -0.4 is 5.32 Å². The summed E-state index contributed by atoms with van der Waals surface area (Å²) < 4.78 is 15.9. The highest BCUT2D eigenvalue weighted by molar-refractivity contribution is 7.99. The molecular weight excluding hydrogens is 411 g/mol. The Morgan fingerprint density at radius 3 is 2.62 bits per heavy atom. The number of para-hydroxylation sites is 1. The average Bonchev–Trinajstić information content (AvgIpc) is 3.38. The second-order valence-electron chi connectivity index (χ2n) is 6.91. The molecule has 0 unspecified atom stereocenters. The zero-order chi connectivity index (χ0) is 20.2. The zero-order valence-electron chi connectivity index (χ0n) is 15.6. The molecule has 8 heteroatoms.